The Morgan fingerprint density at radius 1 is 1.00 bits per heavy atom. The minimum absolute atomic E-state index is 0.00249. The Balaban J connectivity index is 1.49. The normalized spacial score (nSPS) is 18.8. The van der Waals surface area contributed by atoms with Crippen LogP contribution in [0.5, 0.6) is 0 Å². The van der Waals surface area contributed by atoms with Gasteiger partial charge in [0.05, 0.1) is 12.2 Å². The lowest BCUT2D eigenvalue weighted by Gasteiger charge is -2.50. The van der Waals surface area contributed by atoms with Crippen molar-refractivity contribution in [2.75, 3.05) is 0 Å². The minimum Gasteiger partial charge on any atom is -0.467 e. The lowest BCUT2D eigenvalue weighted by molar-refractivity contribution is -0.163. The molecule has 2 amide bonds. The predicted octanol–water partition coefficient (Wildman–Crippen LogP) is 4.93. The van der Waals surface area contributed by atoms with Gasteiger partial charge in [-0.3, -0.25) is 4.79 Å². The van der Waals surface area contributed by atoms with Gasteiger partial charge in [-0.2, -0.15) is 0 Å². The summed E-state index contributed by atoms with van der Waals surface area (Å²) in [4.78, 5) is 27.6. The minimum atomic E-state index is -0.528. The highest BCUT2D eigenvalue weighted by atomic mass is 16.5. The van der Waals surface area contributed by atoms with Crippen molar-refractivity contribution in [2.24, 2.45) is 11.8 Å². The fourth-order valence-electron chi connectivity index (χ4n) is 4.24. The molecule has 1 aliphatic rings. The Morgan fingerprint density at radius 2 is 1.66 bits per heavy atom. The third kappa shape index (κ3) is 4.69. The van der Waals surface area contributed by atoms with Crippen molar-refractivity contribution in [2.45, 2.75) is 39.1 Å². The summed E-state index contributed by atoms with van der Waals surface area (Å²) in [6.45, 7) is 4.66. The Hall–Kier alpha value is -3.54. The first kappa shape index (κ1) is 21.7. The van der Waals surface area contributed by atoms with Gasteiger partial charge < -0.3 is 19.4 Å². The third-order valence-electron chi connectivity index (χ3n) is 5.88. The first-order valence-corrected chi connectivity index (χ1v) is 10.9. The Bertz CT molecular complexity index is 1020. The maximum absolute atomic E-state index is 13.3. The number of β-lactam (4-membered cyclic amide) rings is 1. The highest BCUT2D eigenvalue weighted by molar-refractivity contribution is 5.87. The number of nitrogens with zero attached hydrogens (tertiary/aromatic N) is 1. The van der Waals surface area contributed by atoms with E-state index >= 15 is 0 Å². The standard InChI is InChI=1S/C26H28N2O4/c1-18(2)23(27-26(30)32-17-20-12-7-4-8-13-20)22-24(21-14-9-15-31-21)28(25(22)29)16-19-10-5-3-6-11-19/h3-15,18,22-24H,16-17H2,1-2H3,(H,27,30)/t22-,23-,24-/m0/s1. The summed E-state index contributed by atoms with van der Waals surface area (Å²) in [6, 6.07) is 22.4. The number of ether oxygens (including phenoxy) is 1. The number of likely N-dealkylation sites (tertiary alicyclic amines) is 1. The van der Waals surface area contributed by atoms with Gasteiger partial charge >= 0.3 is 6.09 Å². The zero-order chi connectivity index (χ0) is 22.5. The van der Waals surface area contributed by atoms with Crippen LogP contribution in [-0.2, 0) is 22.7 Å². The summed E-state index contributed by atoms with van der Waals surface area (Å²) in [5, 5.41) is 2.95. The van der Waals surface area contributed by atoms with Crippen LogP contribution in [0.3, 0.4) is 0 Å². The van der Waals surface area contributed by atoms with Crippen LogP contribution in [0.1, 0.15) is 36.8 Å². The molecule has 1 saturated heterocycles. The van der Waals surface area contributed by atoms with Crippen LogP contribution < -0.4 is 5.32 Å². The number of amides is 2. The number of carbonyl (C=O) groups excluding carboxylic acids is 2. The molecule has 1 aliphatic heterocycles. The third-order valence-corrected chi connectivity index (χ3v) is 5.88. The van der Waals surface area contributed by atoms with Crippen molar-refractivity contribution in [1.29, 1.82) is 0 Å². The zero-order valence-electron chi connectivity index (χ0n) is 18.3. The molecule has 0 radical (unpaired) electrons. The van der Waals surface area contributed by atoms with Gasteiger partial charge in [0.1, 0.15) is 18.4 Å². The van der Waals surface area contributed by atoms with E-state index in [1.807, 2.05) is 91.5 Å². The molecule has 3 aromatic rings. The molecule has 1 aromatic heterocycles. The van der Waals surface area contributed by atoms with Crippen molar-refractivity contribution >= 4 is 12.0 Å². The Morgan fingerprint density at radius 3 is 2.25 bits per heavy atom. The average molecular weight is 433 g/mol. The number of hydrogen-bond acceptors (Lipinski definition) is 4. The molecule has 3 atom stereocenters. The second-order valence-corrected chi connectivity index (χ2v) is 8.41. The molecule has 32 heavy (non-hydrogen) atoms. The summed E-state index contributed by atoms with van der Waals surface area (Å²) in [6.07, 6.45) is 1.09. The maximum Gasteiger partial charge on any atom is 0.407 e. The quantitative estimate of drug-likeness (QED) is 0.512. The molecule has 0 bridgehead atoms. The van der Waals surface area contributed by atoms with Gasteiger partial charge in [0, 0.05) is 12.6 Å². The van der Waals surface area contributed by atoms with E-state index in [2.05, 4.69) is 5.32 Å². The van der Waals surface area contributed by atoms with Crippen LogP contribution >= 0.6 is 0 Å². The van der Waals surface area contributed by atoms with Gasteiger partial charge in [-0.15, -0.1) is 0 Å². The van der Waals surface area contributed by atoms with E-state index in [4.69, 9.17) is 9.15 Å². The van der Waals surface area contributed by atoms with Crippen molar-refractivity contribution in [3.05, 3.63) is 95.9 Å². The molecule has 6 nitrogen and oxygen atoms in total. The van der Waals surface area contributed by atoms with E-state index < -0.39 is 12.0 Å². The molecule has 2 heterocycles. The zero-order valence-corrected chi connectivity index (χ0v) is 18.3. The lowest BCUT2D eigenvalue weighted by atomic mass is 9.75. The van der Waals surface area contributed by atoms with Crippen LogP contribution in [0.15, 0.2) is 83.5 Å². The SMILES string of the molecule is CC(C)[C@H](NC(=O)OCc1ccccc1)[C@@H]1C(=O)N(Cc2ccccc2)[C@H]1c1ccco1. The molecule has 2 aromatic carbocycles. The van der Waals surface area contributed by atoms with E-state index in [9.17, 15) is 9.59 Å². The monoisotopic (exact) mass is 432 g/mol. The Kier molecular flexibility index (Phi) is 6.59. The number of rotatable bonds is 8. The highest BCUT2D eigenvalue weighted by Crippen LogP contribution is 2.44. The number of nitrogens with one attached hydrogen (secondary N) is 1. The van der Waals surface area contributed by atoms with Crippen LogP contribution in [0.2, 0.25) is 0 Å². The fraction of sp³-hybridized carbons (Fsp3) is 0.308. The summed E-state index contributed by atoms with van der Waals surface area (Å²) in [5.74, 6) is 0.326. The van der Waals surface area contributed by atoms with Gasteiger partial charge in [0.15, 0.2) is 0 Å². The van der Waals surface area contributed by atoms with Crippen LogP contribution in [0, 0.1) is 11.8 Å². The summed E-state index contributed by atoms with van der Waals surface area (Å²) >= 11 is 0. The van der Waals surface area contributed by atoms with Gasteiger partial charge in [-0.05, 0) is 29.2 Å². The smallest absolute Gasteiger partial charge is 0.407 e. The average Bonchev–Trinajstić information content (AvgIpc) is 3.33. The van der Waals surface area contributed by atoms with Crippen molar-refractivity contribution in [3.63, 3.8) is 0 Å². The second-order valence-electron chi connectivity index (χ2n) is 8.41. The van der Waals surface area contributed by atoms with Gasteiger partial charge in [0.2, 0.25) is 5.91 Å². The van der Waals surface area contributed by atoms with Crippen LogP contribution in [0.4, 0.5) is 4.79 Å². The number of hydrogen-bond donors (Lipinski definition) is 1. The fourth-order valence-corrected chi connectivity index (χ4v) is 4.24. The number of furan rings is 1. The van der Waals surface area contributed by atoms with Crippen molar-refractivity contribution < 1.29 is 18.7 Å². The first-order chi connectivity index (χ1) is 15.5. The van der Waals surface area contributed by atoms with Crippen LogP contribution in [0.25, 0.3) is 0 Å². The molecule has 166 valence electrons. The van der Waals surface area contributed by atoms with Crippen molar-refractivity contribution in [1.82, 2.24) is 10.2 Å². The highest BCUT2D eigenvalue weighted by Gasteiger charge is 2.54. The topological polar surface area (TPSA) is 71.8 Å². The van der Waals surface area contributed by atoms with E-state index in [1.165, 1.54) is 0 Å². The molecule has 0 aliphatic carbocycles. The summed E-state index contributed by atoms with van der Waals surface area (Å²) in [5.41, 5.74) is 1.96. The summed E-state index contributed by atoms with van der Waals surface area (Å²) < 4.78 is 11.1. The molecule has 6 heteroatoms. The maximum atomic E-state index is 13.3. The summed E-state index contributed by atoms with van der Waals surface area (Å²) in [7, 11) is 0. The van der Waals surface area contributed by atoms with Gasteiger partial charge in [0.25, 0.3) is 0 Å². The molecule has 1 N–H and O–H groups in total. The van der Waals surface area contributed by atoms with Gasteiger partial charge in [-0.25, -0.2) is 4.79 Å². The van der Waals surface area contributed by atoms with Gasteiger partial charge in [-0.1, -0.05) is 74.5 Å². The van der Waals surface area contributed by atoms with E-state index in [-0.39, 0.29) is 30.5 Å². The number of benzene rings is 2. The lowest BCUT2D eigenvalue weighted by Crippen LogP contribution is -2.63. The largest absolute Gasteiger partial charge is 0.467 e. The number of alkyl carbamates (subject to hydrolysis) is 1. The molecule has 1 fully saturated rings. The second kappa shape index (κ2) is 9.73. The predicted molar refractivity (Wildman–Crippen MR) is 120 cm³/mol. The molecular weight excluding hydrogens is 404 g/mol. The molecule has 4 rings (SSSR count). The van der Waals surface area contributed by atoms with E-state index in [0.29, 0.717) is 6.54 Å². The Labute approximate surface area is 188 Å². The van der Waals surface area contributed by atoms with Crippen LogP contribution in [-0.4, -0.2) is 22.9 Å². The van der Waals surface area contributed by atoms with E-state index in [0.717, 1.165) is 16.9 Å². The van der Waals surface area contributed by atoms with Crippen molar-refractivity contribution in [3.8, 4) is 0 Å². The number of carbonyl (C=O) groups is 2. The van der Waals surface area contributed by atoms with E-state index in [1.54, 1.807) is 6.26 Å². The molecular formula is C26H28N2O4. The first-order valence-electron chi connectivity index (χ1n) is 10.9. The molecule has 0 spiro atoms. The molecule has 0 unspecified atom stereocenters. The molecule has 0 saturated carbocycles.